The van der Waals surface area contributed by atoms with Gasteiger partial charge in [0.15, 0.2) is 5.78 Å². The highest BCUT2D eigenvalue weighted by Crippen LogP contribution is 2.32. The largest absolute Gasteiger partial charge is 0.351 e. The molecule has 1 aromatic carbocycles. The normalized spacial score (nSPS) is 14.0. The number of fused-ring (bicyclic) bond motifs is 3. The van der Waals surface area contributed by atoms with Gasteiger partial charge in [0.25, 0.3) is 0 Å². The van der Waals surface area contributed by atoms with E-state index in [1.165, 1.54) is 0 Å². The number of anilines is 1. The smallest absolute Gasteiger partial charge is 0.223 e. The van der Waals surface area contributed by atoms with Crippen molar-refractivity contribution in [1.29, 1.82) is 0 Å². The van der Waals surface area contributed by atoms with Crippen molar-refractivity contribution in [3.05, 3.63) is 42.4 Å². The molecule has 0 spiro atoms. The lowest BCUT2D eigenvalue weighted by Crippen LogP contribution is -2.06. The number of Topliss-reactive ketones (excluding diaryl/α,β-unsaturated/α-hetero) is 1. The van der Waals surface area contributed by atoms with E-state index in [1.807, 2.05) is 37.6 Å². The van der Waals surface area contributed by atoms with Gasteiger partial charge < -0.3 is 5.32 Å². The second-order valence-electron chi connectivity index (χ2n) is 7.03. The van der Waals surface area contributed by atoms with Crippen LogP contribution in [0.2, 0.25) is 0 Å². The van der Waals surface area contributed by atoms with Gasteiger partial charge in [-0.3, -0.25) is 9.48 Å². The Labute approximate surface area is 155 Å². The van der Waals surface area contributed by atoms with Crippen LogP contribution in [0.15, 0.2) is 36.8 Å². The third-order valence-electron chi connectivity index (χ3n) is 4.83. The molecular weight excluding hydrogens is 340 g/mol. The van der Waals surface area contributed by atoms with Crippen LogP contribution in [0, 0.1) is 0 Å². The minimum absolute atomic E-state index is 0.0157. The van der Waals surface area contributed by atoms with Gasteiger partial charge in [-0.15, -0.1) is 0 Å². The summed E-state index contributed by atoms with van der Waals surface area (Å²) in [6, 6.07) is 6.04. The maximum atomic E-state index is 11.8. The van der Waals surface area contributed by atoms with Crippen LogP contribution in [0.5, 0.6) is 0 Å². The lowest BCUT2D eigenvalue weighted by Gasteiger charge is -2.10. The first-order valence-electron chi connectivity index (χ1n) is 8.95. The first-order valence-corrected chi connectivity index (χ1v) is 8.95. The molecule has 0 saturated heterocycles. The molecule has 1 N–H and O–H groups in total. The molecule has 5 rings (SSSR count). The predicted molar refractivity (Wildman–Crippen MR) is 104 cm³/mol. The Morgan fingerprint density at radius 1 is 1.19 bits per heavy atom. The van der Waals surface area contributed by atoms with Crippen molar-refractivity contribution in [2.45, 2.75) is 25.8 Å². The van der Waals surface area contributed by atoms with E-state index in [0.29, 0.717) is 17.6 Å². The Hall–Kier alpha value is -3.35. The molecular formula is C20H18N6O. The van der Waals surface area contributed by atoms with Crippen molar-refractivity contribution in [3.63, 3.8) is 0 Å². The number of ketones is 1. The molecule has 7 heteroatoms. The van der Waals surface area contributed by atoms with Crippen molar-refractivity contribution in [1.82, 2.24) is 24.7 Å². The number of carbonyl (C=O) groups excluding carboxylic acids is 1. The Bertz CT molecular complexity index is 1210. The Morgan fingerprint density at radius 2 is 2.04 bits per heavy atom. The summed E-state index contributed by atoms with van der Waals surface area (Å²) in [4.78, 5) is 25.9. The van der Waals surface area contributed by atoms with Gasteiger partial charge in [0, 0.05) is 47.4 Å². The standard InChI is InChI=1S/C20H18N6O/c1-11(27)12-3-6-15-16-9-21-20(23-14-4-5-14)25-19(16)18(24-17(15)7-12)13-8-22-26(2)10-13/h3,6-10,14H,4-5H2,1-2H3,(H,21,23,25). The summed E-state index contributed by atoms with van der Waals surface area (Å²) in [5.74, 6) is 0.638. The summed E-state index contributed by atoms with van der Waals surface area (Å²) < 4.78 is 1.74. The molecule has 0 radical (unpaired) electrons. The zero-order valence-electron chi connectivity index (χ0n) is 15.1. The number of nitrogens with one attached hydrogen (secondary N) is 1. The molecule has 4 aromatic rings. The van der Waals surface area contributed by atoms with Crippen LogP contribution in [0.25, 0.3) is 33.1 Å². The number of hydrogen-bond donors (Lipinski definition) is 1. The summed E-state index contributed by atoms with van der Waals surface area (Å²) in [6.07, 6.45) is 7.84. The van der Waals surface area contributed by atoms with Crippen LogP contribution in [0.1, 0.15) is 30.1 Å². The molecule has 0 amide bonds. The van der Waals surface area contributed by atoms with E-state index in [0.717, 1.165) is 45.9 Å². The molecule has 3 aromatic heterocycles. The first-order chi connectivity index (χ1) is 13.1. The SMILES string of the molecule is CC(=O)c1ccc2c(c1)nc(-c1cnn(C)c1)c1nc(NC3CC3)ncc12. The van der Waals surface area contributed by atoms with E-state index in [1.54, 1.807) is 17.8 Å². The second-order valence-corrected chi connectivity index (χ2v) is 7.03. The first kappa shape index (κ1) is 15.9. The molecule has 0 bridgehead atoms. The van der Waals surface area contributed by atoms with E-state index in [4.69, 9.17) is 9.97 Å². The van der Waals surface area contributed by atoms with E-state index in [9.17, 15) is 4.79 Å². The van der Waals surface area contributed by atoms with Crippen molar-refractivity contribution < 1.29 is 4.79 Å². The Kier molecular flexibility index (Phi) is 3.43. The molecule has 3 heterocycles. The minimum Gasteiger partial charge on any atom is -0.351 e. The molecule has 0 atom stereocenters. The van der Waals surface area contributed by atoms with Crippen LogP contribution in [0.4, 0.5) is 5.95 Å². The maximum Gasteiger partial charge on any atom is 0.223 e. The average Bonchev–Trinajstić information content (AvgIpc) is 3.37. The number of nitrogens with zero attached hydrogens (tertiary/aromatic N) is 5. The number of benzene rings is 1. The number of pyridine rings is 1. The van der Waals surface area contributed by atoms with Crippen LogP contribution >= 0.6 is 0 Å². The number of hydrogen-bond acceptors (Lipinski definition) is 6. The Balaban J connectivity index is 1.80. The molecule has 0 unspecified atom stereocenters. The fourth-order valence-corrected chi connectivity index (χ4v) is 3.23. The van der Waals surface area contributed by atoms with Crippen LogP contribution < -0.4 is 5.32 Å². The van der Waals surface area contributed by atoms with Crippen molar-refractivity contribution in [3.8, 4) is 11.3 Å². The predicted octanol–water partition coefficient (Wildman–Crippen LogP) is 3.36. The van der Waals surface area contributed by atoms with E-state index >= 15 is 0 Å². The summed E-state index contributed by atoms with van der Waals surface area (Å²) in [6.45, 7) is 1.56. The summed E-state index contributed by atoms with van der Waals surface area (Å²) in [5.41, 5.74) is 3.80. The fourth-order valence-electron chi connectivity index (χ4n) is 3.23. The molecule has 1 fully saturated rings. The number of carbonyl (C=O) groups is 1. The third kappa shape index (κ3) is 2.81. The fraction of sp³-hybridized carbons (Fsp3) is 0.250. The lowest BCUT2D eigenvalue weighted by molar-refractivity contribution is 0.101. The van der Waals surface area contributed by atoms with E-state index in [2.05, 4.69) is 15.4 Å². The molecule has 27 heavy (non-hydrogen) atoms. The van der Waals surface area contributed by atoms with Gasteiger partial charge in [-0.25, -0.2) is 15.0 Å². The van der Waals surface area contributed by atoms with Gasteiger partial charge in [0.1, 0.15) is 11.2 Å². The van der Waals surface area contributed by atoms with Crippen LogP contribution in [0.3, 0.4) is 0 Å². The van der Waals surface area contributed by atoms with Gasteiger partial charge >= 0.3 is 0 Å². The molecule has 1 aliphatic rings. The number of rotatable bonds is 4. The highest BCUT2D eigenvalue weighted by molar-refractivity contribution is 6.10. The quantitative estimate of drug-likeness (QED) is 0.445. The van der Waals surface area contributed by atoms with Crippen molar-refractivity contribution in [2.75, 3.05) is 5.32 Å². The highest BCUT2D eigenvalue weighted by Gasteiger charge is 2.22. The van der Waals surface area contributed by atoms with Crippen LogP contribution in [-0.4, -0.2) is 36.6 Å². The summed E-state index contributed by atoms with van der Waals surface area (Å²) in [7, 11) is 1.87. The van der Waals surface area contributed by atoms with Crippen molar-refractivity contribution in [2.24, 2.45) is 7.05 Å². The summed E-state index contributed by atoms with van der Waals surface area (Å²) >= 11 is 0. The zero-order valence-corrected chi connectivity index (χ0v) is 15.1. The van der Waals surface area contributed by atoms with Gasteiger partial charge in [0.2, 0.25) is 5.95 Å². The lowest BCUT2D eigenvalue weighted by atomic mass is 10.0. The molecule has 134 valence electrons. The maximum absolute atomic E-state index is 11.8. The van der Waals surface area contributed by atoms with Crippen LogP contribution in [-0.2, 0) is 7.05 Å². The molecule has 0 aliphatic heterocycles. The van der Waals surface area contributed by atoms with Gasteiger partial charge in [0.05, 0.1) is 11.7 Å². The van der Waals surface area contributed by atoms with E-state index < -0.39 is 0 Å². The van der Waals surface area contributed by atoms with E-state index in [-0.39, 0.29) is 5.78 Å². The number of aromatic nitrogens is 5. The molecule has 1 saturated carbocycles. The molecule has 1 aliphatic carbocycles. The van der Waals surface area contributed by atoms with Gasteiger partial charge in [-0.1, -0.05) is 12.1 Å². The number of aryl methyl sites for hydroxylation is 1. The highest BCUT2D eigenvalue weighted by atomic mass is 16.1. The zero-order chi connectivity index (χ0) is 18.5. The third-order valence-corrected chi connectivity index (χ3v) is 4.83. The average molecular weight is 358 g/mol. The molecule has 7 nitrogen and oxygen atoms in total. The Morgan fingerprint density at radius 3 is 2.74 bits per heavy atom. The second kappa shape index (κ2) is 5.84. The topological polar surface area (TPSA) is 85.6 Å². The van der Waals surface area contributed by atoms with Gasteiger partial charge in [-0.05, 0) is 25.8 Å². The van der Waals surface area contributed by atoms with Crippen molar-refractivity contribution >= 4 is 33.5 Å². The summed E-state index contributed by atoms with van der Waals surface area (Å²) in [5, 5.41) is 9.46. The monoisotopic (exact) mass is 358 g/mol. The minimum atomic E-state index is 0.0157. The van der Waals surface area contributed by atoms with Gasteiger partial charge in [-0.2, -0.15) is 5.10 Å².